The van der Waals surface area contributed by atoms with E-state index in [4.69, 9.17) is 4.42 Å². The zero-order valence-corrected chi connectivity index (χ0v) is 15.6. The summed E-state index contributed by atoms with van der Waals surface area (Å²) < 4.78 is 5.01. The van der Waals surface area contributed by atoms with Crippen LogP contribution >= 0.6 is 0 Å². The maximum atomic E-state index is 12.6. The van der Waals surface area contributed by atoms with Crippen molar-refractivity contribution in [3.05, 3.63) is 93.5 Å². The molecule has 2 amide bonds. The SMILES string of the molecule is Cc1cc(=O)oc(C)c1C(=O)Nc1cccc(NC(=O)Cc2ccccc2)c1. The van der Waals surface area contributed by atoms with Gasteiger partial charge < -0.3 is 15.1 Å². The first-order valence-electron chi connectivity index (χ1n) is 8.79. The van der Waals surface area contributed by atoms with E-state index in [9.17, 15) is 14.4 Å². The smallest absolute Gasteiger partial charge is 0.336 e. The van der Waals surface area contributed by atoms with Gasteiger partial charge in [-0.05, 0) is 43.2 Å². The van der Waals surface area contributed by atoms with E-state index in [1.807, 2.05) is 30.3 Å². The molecule has 2 aromatic carbocycles. The number of anilines is 2. The Hall–Kier alpha value is -3.67. The number of amides is 2. The van der Waals surface area contributed by atoms with Gasteiger partial charge in [0.05, 0.1) is 12.0 Å². The summed E-state index contributed by atoms with van der Waals surface area (Å²) in [6, 6.07) is 17.6. The first kappa shape index (κ1) is 19.1. The average molecular weight is 376 g/mol. The molecular formula is C22H20N2O4. The van der Waals surface area contributed by atoms with Crippen molar-refractivity contribution in [2.24, 2.45) is 0 Å². The minimum atomic E-state index is -0.491. The summed E-state index contributed by atoms with van der Waals surface area (Å²) in [5.41, 5.74) is 2.38. The fraction of sp³-hybridized carbons (Fsp3) is 0.136. The minimum absolute atomic E-state index is 0.147. The first-order valence-corrected chi connectivity index (χ1v) is 8.79. The average Bonchev–Trinajstić information content (AvgIpc) is 2.61. The van der Waals surface area contributed by atoms with Gasteiger partial charge in [0.1, 0.15) is 5.76 Å². The van der Waals surface area contributed by atoms with E-state index >= 15 is 0 Å². The third-order valence-corrected chi connectivity index (χ3v) is 4.17. The van der Waals surface area contributed by atoms with Gasteiger partial charge in [0.15, 0.2) is 0 Å². The molecule has 1 aromatic heterocycles. The number of carbonyl (C=O) groups excluding carboxylic acids is 2. The number of carbonyl (C=O) groups is 2. The second kappa shape index (κ2) is 8.35. The van der Waals surface area contributed by atoms with Gasteiger partial charge in [-0.3, -0.25) is 9.59 Å². The molecule has 3 aromatic rings. The molecule has 0 aliphatic heterocycles. The molecular weight excluding hydrogens is 356 g/mol. The highest BCUT2D eigenvalue weighted by atomic mass is 16.4. The van der Waals surface area contributed by atoms with Crippen LogP contribution in [0.25, 0.3) is 0 Å². The van der Waals surface area contributed by atoms with Crippen LogP contribution in [-0.4, -0.2) is 11.8 Å². The Bertz CT molecular complexity index is 1050. The lowest BCUT2D eigenvalue weighted by Crippen LogP contribution is -2.18. The van der Waals surface area contributed by atoms with Crippen molar-refractivity contribution in [2.75, 3.05) is 10.6 Å². The molecule has 0 saturated heterocycles. The van der Waals surface area contributed by atoms with E-state index in [-0.39, 0.29) is 24.0 Å². The summed E-state index contributed by atoms with van der Waals surface area (Å²) in [6.45, 7) is 3.25. The summed E-state index contributed by atoms with van der Waals surface area (Å²) in [6.07, 6.45) is 0.263. The Kier molecular flexibility index (Phi) is 5.69. The van der Waals surface area contributed by atoms with Crippen LogP contribution in [0.3, 0.4) is 0 Å². The van der Waals surface area contributed by atoms with E-state index in [0.29, 0.717) is 22.5 Å². The highest BCUT2D eigenvalue weighted by Gasteiger charge is 2.15. The van der Waals surface area contributed by atoms with Crippen molar-refractivity contribution in [3.63, 3.8) is 0 Å². The second-order valence-electron chi connectivity index (χ2n) is 6.43. The van der Waals surface area contributed by atoms with E-state index in [1.165, 1.54) is 6.07 Å². The van der Waals surface area contributed by atoms with Gasteiger partial charge in [-0.25, -0.2) is 4.79 Å². The van der Waals surface area contributed by atoms with Gasteiger partial charge in [-0.15, -0.1) is 0 Å². The quantitative estimate of drug-likeness (QED) is 0.711. The minimum Gasteiger partial charge on any atom is -0.427 e. The van der Waals surface area contributed by atoms with E-state index in [2.05, 4.69) is 10.6 Å². The fourth-order valence-corrected chi connectivity index (χ4v) is 2.95. The van der Waals surface area contributed by atoms with Crippen molar-refractivity contribution in [1.29, 1.82) is 0 Å². The lowest BCUT2D eigenvalue weighted by atomic mass is 10.1. The third kappa shape index (κ3) is 4.73. The third-order valence-electron chi connectivity index (χ3n) is 4.17. The molecule has 0 fully saturated rings. The van der Waals surface area contributed by atoms with Crippen molar-refractivity contribution < 1.29 is 14.0 Å². The predicted octanol–water partition coefficient (Wildman–Crippen LogP) is 3.69. The van der Waals surface area contributed by atoms with Gasteiger partial charge in [0, 0.05) is 17.4 Å². The normalized spacial score (nSPS) is 10.4. The highest BCUT2D eigenvalue weighted by molar-refractivity contribution is 6.06. The van der Waals surface area contributed by atoms with Crippen LogP contribution in [0.4, 0.5) is 11.4 Å². The van der Waals surface area contributed by atoms with Crippen LogP contribution in [0, 0.1) is 13.8 Å². The Morgan fingerprint density at radius 1 is 0.893 bits per heavy atom. The van der Waals surface area contributed by atoms with Crippen molar-refractivity contribution >= 4 is 23.2 Å². The summed E-state index contributed by atoms with van der Waals surface area (Å²) in [4.78, 5) is 36.2. The van der Waals surface area contributed by atoms with E-state index in [1.54, 1.807) is 38.1 Å². The Balaban J connectivity index is 1.70. The number of aryl methyl sites for hydroxylation is 2. The van der Waals surface area contributed by atoms with Crippen LogP contribution in [0.5, 0.6) is 0 Å². The molecule has 0 aliphatic carbocycles. The van der Waals surface area contributed by atoms with E-state index in [0.717, 1.165) is 5.56 Å². The monoisotopic (exact) mass is 376 g/mol. The summed E-state index contributed by atoms with van der Waals surface area (Å²) in [5.74, 6) is -0.271. The molecule has 1 heterocycles. The topological polar surface area (TPSA) is 88.4 Å². The molecule has 6 nitrogen and oxygen atoms in total. The van der Waals surface area contributed by atoms with Crippen LogP contribution < -0.4 is 16.3 Å². The zero-order chi connectivity index (χ0) is 20.1. The molecule has 0 atom stereocenters. The summed E-state index contributed by atoms with van der Waals surface area (Å²) in [7, 11) is 0. The largest absolute Gasteiger partial charge is 0.427 e. The van der Waals surface area contributed by atoms with Crippen molar-refractivity contribution in [2.45, 2.75) is 20.3 Å². The highest BCUT2D eigenvalue weighted by Crippen LogP contribution is 2.18. The second-order valence-corrected chi connectivity index (χ2v) is 6.43. The molecule has 6 heteroatoms. The van der Waals surface area contributed by atoms with Crippen LogP contribution in [0.2, 0.25) is 0 Å². The number of hydrogen-bond acceptors (Lipinski definition) is 4. The molecule has 28 heavy (non-hydrogen) atoms. The van der Waals surface area contributed by atoms with Crippen molar-refractivity contribution in [1.82, 2.24) is 0 Å². The van der Waals surface area contributed by atoms with Gasteiger partial charge in [-0.1, -0.05) is 36.4 Å². The summed E-state index contributed by atoms with van der Waals surface area (Å²) >= 11 is 0. The van der Waals surface area contributed by atoms with E-state index < -0.39 is 5.63 Å². The summed E-state index contributed by atoms with van der Waals surface area (Å²) in [5, 5.41) is 5.59. The Morgan fingerprint density at radius 3 is 2.25 bits per heavy atom. The maximum Gasteiger partial charge on any atom is 0.336 e. The van der Waals surface area contributed by atoms with Gasteiger partial charge in [-0.2, -0.15) is 0 Å². The first-order chi connectivity index (χ1) is 13.4. The number of benzene rings is 2. The lowest BCUT2D eigenvalue weighted by molar-refractivity contribution is -0.115. The molecule has 0 radical (unpaired) electrons. The van der Waals surface area contributed by atoms with Gasteiger partial charge >= 0.3 is 5.63 Å². The lowest BCUT2D eigenvalue weighted by Gasteiger charge is -2.11. The molecule has 2 N–H and O–H groups in total. The standard InChI is InChI=1S/C22H20N2O4/c1-14-11-20(26)28-15(2)21(14)22(27)24-18-10-6-9-17(13-18)23-19(25)12-16-7-4-3-5-8-16/h3-11,13H,12H2,1-2H3,(H,23,25)(H,24,27). The Labute approximate surface area is 162 Å². The maximum absolute atomic E-state index is 12.6. The van der Waals surface area contributed by atoms with Crippen LogP contribution in [0.1, 0.15) is 27.2 Å². The number of nitrogens with one attached hydrogen (secondary N) is 2. The molecule has 3 rings (SSSR count). The Morgan fingerprint density at radius 2 is 1.57 bits per heavy atom. The van der Waals surface area contributed by atoms with Crippen molar-refractivity contribution in [3.8, 4) is 0 Å². The van der Waals surface area contributed by atoms with Crippen LogP contribution in [-0.2, 0) is 11.2 Å². The molecule has 0 unspecified atom stereocenters. The molecule has 0 aliphatic rings. The van der Waals surface area contributed by atoms with Crippen LogP contribution in [0.15, 0.2) is 69.9 Å². The fourth-order valence-electron chi connectivity index (χ4n) is 2.95. The number of hydrogen-bond donors (Lipinski definition) is 2. The zero-order valence-electron chi connectivity index (χ0n) is 15.6. The van der Waals surface area contributed by atoms with Gasteiger partial charge in [0.2, 0.25) is 5.91 Å². The molecule has 142 valence electrons. The van der Waals surface area contributed by atoms with Gasteiger partial charge in [0.25, 0.3) is 5.91 Å². The predicted molar refractivity (Wildman–Crippen MR) is 108 cm³/mol. The molecule has 0 bridgehead atoms. The number of rotatable bonds is 5. The molecule has 0 saturated carbocycles. The molecule has 0 spiro atoms.